The van der Waals surface area contributed by atoms with Crippen LogP contribution >= 0.6 is 0 Å². The number of carbonyl (C=O) groups is 1. The molecule has 0 bridgehead atoms. The van der Waals surface area contributed by atoms with Gasteiger partial charge in [0.25, 0.3) is 0 Å². The maximum atomic E-state index is 12.2. The summed E-state index contributed by atoms with van der Waals surface area (Å²) in [7, 11) is 3.69. The Labute approximate surface area is 141 Å². The SMILES string of the molecule is Cc1ccc(CN(C)C(=O)NCCc2nn(C)c3ccccc23)o1. The third-order valence-electron chi connectivity index (χ3n) is 4.01. The summed E-state index contributed by atoms with van der Waals surface area (Å²) in [6, 6.07) is 11.8. The predicted molar refractivity (Wildman–Crippen MR) is 92.7 cm³/mol. The quantitative estimate of drug-likeness (QED) is 0.784. The summed E-state index contributed by atoms with van der Waals surface area (Å²) in [6.45, 7) is 2.88. The van der Waals surface area contributed by atoms with Crippen LogP contribution in [0, 0.1) is 6.92 Å². The highest BCUT2D eigenvalue weighted by molar-refractivity contribution is 5.82. The van der Waals surface area contributed by atoms with Crippen LogP contribution in [0.25, 0.3) is 10.9 Å². The van der Waals surface area contributed by atoms with Crippen molar-refractivity contribution in [3.05, 3.63) is 53.6 Å². The summed E-state index contributed by atoms with van der Waals surface area (Å²) in [5.74, 6) is 1.63. The number of aryl methyl sites for hydroxylation is 2. The van der Waals surface area contributed by atoms with Gasteiger partial charge in [-0.1, -0.05) is 18.2 Å². The highest BCUT2D eigenvalue weighted by Crippen LogP contribution is 2.17. The molecule has 0 radical (unpaired) electrons. The van der Waals surface area contributed by atoms with Gasteiger partial charge in [-0.15, -0.1) is 0 Å². The number of urea groups is 1. The molecule has 2 heterocycles. The number of fused-ring (bicyclic) bond motifs is 1. The standard InChI is InChI=1S/C18H22N4O2/c1-13-8-9-14(24-13)12-21(2)18(23)19-11-10-16-15-6-4-5-7-17(15)22(3)20-16/h4-9H,10-12H2,1-3H3,(H,19,23). The van der Waals surface area contributed by atoms with Crippen molar-refractivity contribution in [2.24, 2.45) is 7.05 Å². The molecule has 6 nitrogen and oxygen atoms in total. The molecule has 6 heteroatoms. The van der Waals surface area contributed by atoms with Gasteiger partial charge in [-0.2, -0.15) is 5.10 Å². The van der Waals surface area contributed by atoms with Crippen molar-refractivity contribution in [2.75, 3.05) is 13.6 Å². The zero-order valence-electron chi connectivity index (χ0n) is 14.2. The van der Waals surface area contributed by atoms with Gasteiger partial charge in [-0.05, 0) is 25.1 Å². The Kier molecular flexibility index (Phi) is 4.55. The molecular weight excluding hydrogens is 304 g/mol. The van der Waals surface area contributed by atoms with E-state index in [0.29, 0.717) is 19.5 Å². The van der Waals surface area contributed by atoms with E-state index in [2.05, 4.69) is 16.5 Å². The molecule has 0 spiro atoms. The molecule has 24 heavy (non-hydrogen) atoms. The van der Waals surface area contributed by atoms with Crippen LogP contribution in [-0.4, -0.2) is 34.3 Å². The van der Waals surface area contributed by atoms with Crippen LogP contribution in [0.15, 0.2) is 40.8 Å². The first-order chi connectivity index (χ1) is 11.5. The number of rotatable bonds is 5. The molecule has 1 N–H and O–H groups in total. The minimum atomic E-state index is -0.121. The summed E-state index contributed by atoms with van der Waals surface area (Å²) in [5, 5.41) is 8.60. The first kappa shape index (κ1) is 16.1. The van der Waals surface area contributed by atoms with E-state index in [0.717, 1.165) is 28.1 Å². The molecule has 0 aliphatic carbocycles. The van der Waals surface area contributed by atoms with Crippen molar-refractivity contribution >= 4 is 16.9 Å². The summed E-state index contributed by atoms with van der Waals surface area (Å²) in [4.78, 5) is 13.8. The molecule has 1 aromatic carbocycles. The van der Waals surface area contributed by atoms with E-state index in [9.17, 15) is 4.79 Å². The van der Waals surface area contributed by atoms with Gasteiger partial charge < -0.3 is 14.6 Å². The van der Waals surface area contributed by atoms with Crippen LogP contribution in [0.3, 0.4) is 0 Å². The molecule has 126 valence electrons. The van der Waals surface area contributed by atoms with Crippen LogP contribution in [0.2, 0.25) is 0 Å². The first-order valence-electron chi connectivity index (χ1n) is 7.99. The van der Waals surface area contributed by atoms with E-state index in [1.54, 1.807) is 11.9 Å². The fourth-order valence-corrected chi connectivity index (χ4v) is 2.77. The zero-order chi connectivity index (χ0) is 17.1. The fraction of sp³-hybridized carbons (Fsp3) is 0.333. The van der Waals surface area contributed by atoms with Gasteiger partial charge in [0.2, 0.25) is 0 Å². The number of furan rings is 1. The Bertz CT molecular complexity index is 850. The molecule has 0 saturated carbocycles. The average molecular weight is 326 g/mol. The summed E-state index contributed by atoms with van der Waals surface area (Å²) < 4.78 is 7.37. The van der Waals surface area contributed by atoms with Crippen molar-refractivity contribution in [1.82, 2.24) is 20.0 Å². The van der Waals surface area contributed by atoms with Gasteiger partial charge in [0.1, 0.15) is 11.5 Å². The van der Waals surface area contributed by atoms with Crippen molar-refractivity contribution in [3.8, 4) is 0 Å². The lowest BCUT2D eigenvalue weighted by Gasteiger charge is -2.16. The number of nitrogens with one attached hydrogen (secondary N) is 1. The second-order valence-electron chi connectivity index (χ2n) is 5.94. The molecule has 2 aromatic heterocycles. The highest BCUT2D eigenvalue weighted by Gasteiger charge is 2.12. The number of nitrogens with zero attached hydrogens (tertiary/aromatic N) is 3. The number of hydrogen-bond donors (Lipinski definition) is 1. The molecule has 0 unspecified atom stereocenters. The third-order valence-corrected chi connectivity index (χ3v) is 4.01. The number of benzene rings is 1. The molecule has 3 aromatic rings. The maximum Gasteiger partial charge on any atom is 0.317 e. The normalized spacial score (nSPS) is 11.0. The fourth-order valence-electron chi connectivity index (χ4n) is 2.77. The van der Waals surface area contributed by atoms with Crippen molar-refractivity contribution in [3.63, 3.8) is 0 Å². The average Bonchev–Trinajstić information content (AvgIpc) is 3.11. The van der Waals surface area contributed by atoms with Gasteiger partial charge in [0, 0.05) is 32.4 Å². The van der Waals surface area contributed by atoms with E-state index in [1.807, 2.05) is 49.0 Å². The molecule has 3 rings (SSSR count). The minimum absolute atomic E-state index is 0.121. The molecular formula is C18H22N4O2. The summed E-state index contributed by atoms with van der Waals surface area (Å²) in [6.07, 6.45) is 0.695. The smallest absolute Gasteiger partial charge is 0.317 e. The van der Waals surface area contributed by atoms with Crippen LogP contribution < -0.4 is 5.32 Å². The van der Waals surface area contributed by atoms with Crippen LogP contribution in [0.5, 0.6) is 0 Å². The van der Waals surface area contributed by atoms with Crippen molar-refractivity contribution in [2.45, 2.75) is 19.9 Å². The van der Waals surface area contributed by atoms with Gasteiger partial charge in [0.15, 0.2) is 0 Å². The Morgan fingerprint density at radius 1 is 1.29 bits per heavy atom. The maximum absolute atomic E-state index is 12.2. The number of amides is 2. The van der Waals surface area contributed by atoms with Gasteiger partial charge in [-0.3, -0.25) is 4.68 Å². The molecule has 0 fully saturated rings. The molecule has 0 saturated heterocycles. The monoisotopic (exact) mass is 326 g/mol. The third kappa shape index (κ3) is 3.42. The van der Waals surface area contributed by atoms with E-state index in [-0.39, 0.29) is 6.03 Å². The van der Waals surface area contributed by atoms with Crippen LogP contribution in [0.1, 0.15) is 17.2 Å². The Balaban J connectivity index is 1.54. The largest absolute Gasteiger partial charge is 0.464 e. The lowest BCUT2D eigenvalue weighted by molar-refractivity contribution is 0.203. The molecule has 0 aliphatic rings. The second kappa shape index (κ2) is 6.78. The Hall–Kier alpha value is -2.76. The first-order valence-corrected chi connectivity index (χ1v) is 7.99. The van der Waals surface area contributed by atoms with Crippen molar-refractivity contribution < 1.29 is 9.21 Å². The Morgan fingerprint density at radius 2 is 2.08 bits per heavy atom. The number of para-hydroxylation sites is 1. The van der Waals surface area contributed by atoms with Gasteiger partial charge in [-0.25, -0.2) is 4.79 Å². The number of aromatic nitrogens is 2. The van der Waals surface area contributed by atoms with Crippen LogP contribution in [0.4, 0.5) is 4.79 Å². The number of hydrogen-bond acceptors (Lipinski definition) is 3. The lowest BCUT2D eigenvalue weighted by atomic mass is 10.2. The summed E-state index contributed by atoms with van der Waals surface area (Å²) in [5.41, 5.74) is 2.10. The van der Waals surface area contributed by atoms with Crippen molar-refractivity contribution in [1.29, 1.82) is 0 Å². The van der Waals surface area contributed by atoms with Gasteiger partial charge >= 0.3 is 6.03 Å². The lowest BCUT2D eigenvalue weighted by Crippen LogP contribution is -2.37. The Morgan fingerprint density at radius 3 is 2.83 bits per heavy atom. The number of carbonyl (C=O) groups excluding carboxylic acids is 1. The van der Waals surface area contributed by atoms with E-state index in [4.69, 9.17) is 4.42 Å². The van der Waals surface area contributed by atoms with Crippen LogP contribution in [-0.2, 0) is 20.0 Å². The minimum Gasteiger partial charge on any atom is -0.464 e. The highest BCUT2D eigenvalue weighted by atomic mass is 16.3. The van der Waals surface area contributed by atoms with E-state index < -0.39 is 0 Å². The van der Waals surface area contributed by atoms with Gasteiger partial charge in [0.05, 0.1) is 17.8 Å². The molecule has 2 amide bonds. The van der Waals surface area contributed by atoms with E-state index in [1.165, 1.54) is 0 Å². The predicted octanol–water partition coefficient (Wildman–Crippen LogP) is 2.86. The topological polar surface area (TPSA) is 63.3 Å². The van der Waals surface area contributed by atoms with E-state index >= 15 is 0 Å². The summed E-state index contributed by atoms with van der Waals surface area (Å²) >= 11 is 0. The zero-order valence-corrected chi connectivity index (χ0v) is 14.2. The molecule has 0 atom stereocenters. The second-order valence-corrected chi connectivity index (χ2v) is 5.94. The molecule has 0 aliphatic heterocycles.